The molecule has 8 heteroatoms. The van der Waals surface area contributed by atoms with Crippen LogP contribution in [0.15, 0.2) is 60.0 Å². The Morgan fingerprint density at radius 3 is 2.54 bits per heavy atom. The van der Waals surface area contributed by atoms with E-state index < -0.39 is 6.61 Å². The molecule has 0 aliphatic heterocycles. The van der Waals surface area contributed by atoms with E-state index in [9.17, 15) is 13.6 Å². The first-order valence-corrected chi connectivity index (χ1v) is 8.57. The van der Waals surface area contributed by atoms with E-state index in [-0.39, 0.29) is 11.7 Å². The standard InChI is InChI=1S/C18H15F2N3O2S/c19-17(20)25-14-8-6-13(7-9-14)22-18-23-15(11-26-18)16(24)21-10-12-4-2-1-3-5-12/h1-9,11,17H,10H2,(H,21,24)(H,22,23). The Kier molecular flexibility index (Phi) is 5.75. The maximum Gasteiger partial charge on any atom is 0.387 e. The third-order valence-electron chi connectivity index (χ3n) is 3.36. The number of nitrogens with one attached hydrogen (secondary N) is 2. The average Bonchev–Trinajstić information content (AvgIpc) is 3.10. The van der Waals surface area contributed by atoms with Crippen molar-refractivity contribution in [2.45, 2.75) is 13.2 Å². The third kappa shape index (κ3) is 5.00. The van der Waals surface area contributed by atoms with E-state index in [0.717, 1.165) is 5.56 Å². The maximum atomic E-state index is 12.1. The van der Waals surface area contributed by atoms with Gasteiger partial charge in [0, 0.05) is 17.6 Å². The van der Waals surface area contributed by atoms with Crippen LogP contribution in [0.4, 0.5) is 19.6 Å². The van der Waals surface area contributed by atoms with Crippen LogP contribution in [0.3, 0.4) is 0 Å². The molecule has 0 aliphatic carbocycles. The lowest BCUT2D eigenvalue weighted by molar-refractivity contribution is -0.0498. The summed E-state index contributed by atoms with van der Waals surface area (Å²) in [4.78, 5) is 16.4. The zero-order valence-corrected chi connectivity index (χ0v) is 14.3. The number of anilines is 2. The highest BCUT2D eigenvalue weighted by Gasteiger charge is 2.11. The second-order valence-corrected chi connectivity index (χ2v) is 6.09. The van der Waals surface area contributed by atoms with Crippen molar-refractivity contribution in [1.82, 2.24) is 10.3 Å². The number of carbonyl (C=O) groups is 1. The second-order valence-electron chi connectivity index (χ2n) is 5.23. The molecule has 2 N–H and O–H groups in total. The summed E-state index contributed by atoms with van der Waals surface area (Å²) in [6.45, 7) is -2.43. The number of halogens is 2. The lowest BCUT2D eigenvalue weighted by atomic mass is 10.2. The summed E-state index contributed by atoms with van der Waals surface area (Å²) >= 11 is 1.27. The lowest BCUT2D eigenvalue weighted by Gasteiger charge is -2.06. The van der Waals surface area contributed by atoms with E-state index in [4.69, 9.17) is 0 Å². The molecular weight excluding hydrogens is 360 g/mol. The van der Waals surface area contributed by atoms with Crippen LogP contribution < -0.4 is 15.4 Å². The van der Waals surface area contributed by atoms with Crippen molar-refractivity contribution in [1.29, 1.82) is 0 Å². The van der Waals surface area contributed by atoms with Crippen LogP contribution in [0, 0.1) is 0 Å². The van der Waals surface area contributed by atoms with E-state index in [2.05, 4.69) is 20.4 Å². The number of carbonyl (C=O) groups excluding carboxylic acids is 1. The number of hydrogen-bond acceptors (Lipinski definition) is 5. The molecule has 0 spiro atoms. The molecule has 0 atom stereocenters. The summed E-state index contributed by atoms with van der Waals surface area (Å²) in [6, 6.07) is 15.6. The number of nitrogens with zero attached hydrogens (tertiary/aromatic N) is 1. The minimum absolute atomic E-state index is 0.0747. The third-order valence-corrected chi connectivity index (χ3v) is 4.12. The van der Waals surface area contributed by atoms with Gasteiger partial charge in [0.25, 0.3) is 5.91 Å². The van der Waals surface area contributed by atoms with Gasteiger partial charge in [-0.05, 0) is 29.8 Å². The lowest BCUT2D eigenvalue weighted by Crippen LogP contribution is -2.23. The predicted octanol–water partition coefficient (Wildman–Crippen LogP) is 4.42. The first-order chi connectivity index (χ1) is 12.6. The summed E-state index contributed by atoms with van der Waals surface area (Å²) in [5.74, 6) is -0.190. The summed E-state index contributed by atoms with van der Waals surface area (Å²) < 4.78 is 28.6. The van der Waals surface area contributed by atoms with Gasteiger partial charge in [-0.15, -0.1) is 11.3 Å². The molecular formula is C18H15F2N3O2S. The number of ether oxygens (including phenoxy) is 1. The minimum atomic E-state index is -2.86. The highest BCUT2D eigenvalue weighted by molar-refractivity contribution is 7.14. The van der Waals surface area contributed by atoms with Gasteiger partial charge in [0.05, 0.1) is 0 Å². The molecule has 0 radical (unpaired) electrons. The van der Waals surface area contributed by atoms with Gasteiger partial charge in [-0.2, -0.15) is 8.78 Å². The molecule has 3 rings (SSSR count). The molecule has 134 valence electrons. The van der Waals surface area contributed by atoms with Gasteiger partial charge >= 0.3 is 6.61 Å². The zero-order chi connectivity index (χ0) is 18.4. The fourth-order valence-electron chi connectivity index (χ4n) is 2.15. The molecule has 26 heavy (non-hydrogen) atoms. The smallest absolute Gasteiger partial charge is 0.387 e. The number of hydrogen-bond donors (Lipinski definition) is 2. The zero-order valence-electron chi connectivity index (χ0n) is 13.5. The van der Waals surface area contributed by atoms with Crippen LogP contribution in [0.2, 0.25) is 0 Å². The highest BCUT2D eigenvalue weighted by atomic mass is 32.1. The van der Waals surface area contributed by atoms with E-state index in [0.29, 0.717) is 23.1 Å². The number of thiazole rings is 1. The highest BCUT2D eigenvalue weighted by Crippen LogP contribution is 2.23. The van der Waals surface area contributed by atoms with Gasteiger partial charge in [0.15, 0.2) is 5.13 Å². The first kappa shape index (κ1) is 17.8. The Morgan fingerprint density at radius 1 is 1.12 bits per heavy atom. The van der Waals surface area contributed by atoms with Crippen LogP contribution in [0.5, 0.6) is 5.75 Å². The van der Waals surface area contributed by atoms with Crippen molar-refractivity contribution < 1.29 is 18.3 Å². The van der Waals surface area contributed by atoms with Crippen molar-refractivity contribution in [2.24, 2.45) is 0 Å². The number of alkyl halides is 2. The molecule has 0 bridgehead atoms. The molecule has 1 aromatic heterocycles. The Hall–Kier alpha value is -3.00. The SMILES string of the molecule is O=C(NCc1ccccc1)c1csc(Nc2ccc(OC(F)F)cc2)n1. The summed E-state index contributed by atoms with van der Waals surface area (Å²) in [5.41, 5.74) is 1.96. The van der Waals surface area contributed by atoms with E-state index in [1.54, 1.807) is 17.5 Å². The number of benzene rings is 2. The fraction of sp³-hybridized carbons (Fsp3) is 0.111. The number of aromatic nitrogens is 1. The molecule has 2 aromatic carbocycles. The van der Waals surface area contributed by atoms with Crippen molar-refractivity contribution in [3.8, 4) is 5.75 Å². The monoisotopic (exact) mass is 375 g/mol. The van der Waals surface area contributed by atoms with Crippen LogP contribution in [-0.2, 0) is 6.54 Å². The summed E-state index contributed by atoms with van der Waals surface area (Å²) in [7, 11) is 0. The van der Waals surface area contributed by atoms with Crippen molar-refractivity contribution in [3.63, 3.8) is 0 Å². The maximum absolute atomic E-state index is 12.1. The Morgan fingerprint density at radius 2 is 1.85 bits per heavy atom. The van der Waals surface area contributed by atoms with Gasteiger partial charge in [-0.1, -0.05) is 30.3 Å². The quantitative estimate of drug-likeness (QED) is 0.642. The van der Waals surface area contributed by atoms with Crippen LogP contribution in [0.25, 0.3) is 0 Å². The number of amides is 1. The van der Waals surface area contributed by atoms with Crippen molar-refractivity contribution in [3.05, 3.63) is 71.2 Å². The molecule has 0 saturated carbocycles. The largest absolute Gasteiger partial charge is 0.435 e. The molecule has 0 saturated heterocycles. The van der Waals surface area contributed by atoms with Gasteiger partial charge in [0.1, 0.15) is 11.4 Å². The molecule has 0 aliphatic rings. The molecule has 1 amide bonds. The fourth-order valence-corrected chi connectivity index (χ4v) is 2.86. The Labute approximate surface area is 152 Å². The number of rotatable bonds is 7. The van der Waals surface area contributed by atoms with Crippen LogP contribution in [0.1, 0.15) is 16.1 Å². The first-order valence-electron chi connectivity index (χ1n) is 7.70. The second kappa shape index (κ2) is 8.39. The summed E-state index contributed by atoms with van der Waals surface area (Å²) in [6.07, 6.45) is 0. The predicted molar refractivity (Wildman–Crippen MR) is 96.1 cm³/mol. The molecule has 1 heterocycles. The topological polar surface area (TPSA) is 63.2 Å². The normalized spacial score (nSPS) is 10.6. The van der Waals surface area contributed by atoms with E-state index in [1.165, 1.54) is 23.5 Å². The van der Waals surface area contributed by atoms with Crippen LogP contribution in [-0.4, -0.2) is 17.5 Å². The van der Waals surface area contributed by atoms with E-state index in [1.807, 2.05) is 30.3 Å². The molecule has 0 fully saturated rings. The van der Waals surface area contributed by atoms with Crippen molar-refractivity contribution >= 4 is 28.1 Å². The Bertz CT molecular complexity index is 854. The summed E-state index contributed by atoms with van der Waals surface area (Å²) in [5, 5.41) is 8.00. The van der Waals surface area contributed by atoms with E-state index >= 15 is 0 Å². The molecule has 3 aromatic rings. The minimum Gasteiger partial charge on any atom is -0.435 e. The van der Waals surface area contributed by atoms with Crippen molar-refractivity contribution in [2.75, 3.05) is 5.32 Å². The van der Waals surface area contributed by atoms with Crippen LogP contribution >= 0.6 is 11.3 Å². The molecule has 0 unspecified atom stereocenters. The van der Waals surface area contributed by atoms with Gasteiger partial charge in [-0.25, -0.2) is 4.98 Å². The van der Waals surface area contributed by atoms with Gasteiger partial charge < -0.3 is 15.4 Å². The Balaban J connectivity index is 1.56. The average molecular weight is 375 g/mol. The van der Waals surface area contributed by atoms with Gasteiger partial charge in [0.2, 0.25) is 0 Å². The molecule has 5 nitrogen and oxygen atoms in total. The van der Waals surface area contributed by atoms with Gasteiger partial charge in [-0.3, -0.25) is 4.79 Å².